The number of ether oxygens (including phenoxy) is 1. The minimum atomic E-state index is -3.61. The topological polar surface area (TPSA) is 55.4 Å². The molecular weight excluding hydrogens is 310 g/mol. The van der Waals surface area contributed by atoms with Crippen molar-refractivity contribution >= 4 is 10.0 Å². The van der Waals surface area contributed by atoms with E-state index in [2.05, 4.69) is 4.72 Å². The Kier molecular flexibility index (Phi) is 5.12. The molecule has 0 amide bonds. The molecule has 0 aliphatic rings. The molecule has 5 heteroatoms. The highest BCUT2D eigenvalue weighted by Crippen LogP contribution is 2.28. The summed E-state index contributed by atoms with van der Waals surface area (Å²) in [4.78, 5) is 0.288. The van der Waals surface area contributed by atoms with Gasteiger partial charge in [-0.3, -0.25) is 0 Å². The molecule has 0 fully saturated rings. The fourth-order valence-electron chi connectivity index (χ4n) is 2.72. The van der Waals surface area contributed by atoms with Gasteiger partial charge in [-0.15, -0.1) is 0 Å². The molecule has 2 aromatic carbocycles. The third kappa shape index (κ3) is 3.57. The van der Waals surface area contributed by atoms with Crippen molar-refractivity contribution in [2.45, 2.75) is 38.6 Å². The summed E-state index contributed by atoms with van der Waals surface area (Å²) in [5.41, 5.74) is 3.57. The molecule has 0 saturated heterocycles. The molecular formula is C18H23NO3S. The van der Waals surface area contributed by atoms with Gasteiger partial charge in [0.25, 0.3) is 0 Å². The minimum Gasteiger partial charge on any atom is -0.496 e. The van der Waals surface area contributed by atoms with Gasteiger partial charge in [0, 0.05) is 6.04 Å². The van der Waals surface area contributed by atoms with E-state index in [4.69, 9.17) is 4.74 Å². The van der Waals surface area contributed by atoms with Crippen molar-refractivity contribution in [2.75, 3.05) is 7.11 Å². The van der Waals surface area contributed by atoms with Crippen molar-refractivity contribution in [3.05, 3.63) is 58.7 Å². The van der Waals surface area contributed by atoms with E-state index >= 15 is 0 Å². The van der Waals surface area contributed by atoms with Gasteiger partial charge in [-0.05, 0) is 62.1 Å². The molecule has 0 bridgehead atoms. The molecule has 0 unspecified atom stereocenters. The highest BCUT2D eigenvalue weighted by atomic mass is 32.2. The van der Waals surface area contributed by atoms with Crippen LogP contribution in [0, 0.1) is 20.8 Å². The van der Waals surface area contributed by atoms with E-state index in [-0.39, 0.29) is 10.9 Å². The smallest absolute Gasteiger partial charge is 0.241 e. The van der Waals surface area contributed by atoms with Gasteiger partial charge in [0.1, 0.15) is 5.75 Å². The molecule has 0 aromatic heterocycles. The molecule has 23 heavy (non-hydrogen) atoms. The molecule has 1 N–H and O–H groups in total. The fourth-order valence-corrected chi connectivity index (χ4v) is 4.24. The number of rotatable bonds is 5. The highest BCUT2D eigenvalue weighted by molar-refractivity contribution is 7.89. The number of aryl methyl sites for hydroxylation is 1. The summed E-state index contributed by atoms with van der Waals surface area (Å²) >= 11 is 0. The average molecular weight is 333 g/mol. The molecule has 1 atom stereocenters. The van der Waals surface area contributed by atoms with Crippen molar-refractivity contribution in [3.63, 3.8) is 0 Å². The molecule has 0 heterocycles. The van der Waals surface area contributed by atoms with Gasteiger partial charge in [-0.25, -0.2) is 13.1 Å². The normalized spacial score (nSPS) is 12.9. The molecule has 4 nitrogen and oxygen atoms in total. The summed E-state index contributed by atoms with van der Waals surface area (Å²) in [7, 11) is -2.03. The van der Waals surface area contributed by atoms with Crippen LogP contribution >= 0.6 is 0 Å². The van der Waals surface area contributed by atoms with Gasteiger partial charge < -0.3 is 4.74 Å². The first-order valence-electron chi connectivity index (χ1n) is 7.50. The fraction of sp³-hybridized carbons (Fsp3) is 0.333. The molecule has 0 aliphatic heterocycles. The van der Waals surface area contributed by atoms with E-state index in [9.17, 15) is 8.42 Å². The summed E-state index contributed by atoms with van der Waals surface area (Å²) in [5.74, 6) is 0.688. The molecule has 0 radical (unpaired) electrons. The molecule has 0 spiro atoms. The van der Waals surface area contributed by atoms with Gasteiger partial charge >= 0.3 is 0 Å². The monoisotopic (exact) mass is 333 g/mol. The summed E-state index contributed by atoms with van der Waals surface area (Å²) in [6, 6.07) is 10.7. The summed E-state index contributed by atoms with van der Waals surface area (Å²) < 4.78 is 33.5. The van der Waals surface area contributed by atoms with Crippen molar-refractivity contribution in [1.29, 1.82) is 0 Å². The van der Waals surface area contributed by atoms with Gasteiger partial charge in [-0.1, -0.05) is 24.3 Å². The first-order valence-corrected chi connectivity index (χ1v) is 8.98. The zero-order valence-corrected chi connectivity index (χ0v) is 15.0. The van der Waals surface area contributed by atoms with Crippen LogP contribution in [0.4, 0.5) is 0 Å². The predicted octanol–water partition coefficient (Wildman–Crippen LogP) is 3.66. The standard InChI is InChI=1S/C18H23NO3S/c1-12-8-6-7-9-16(12)15(4)19-23(20,21)18-11-10-17(22-5)13(2)14(18)3/h6-11,15,19H,1-5H3/t15-/m1/s1. The Balaban J connectivity index is 2.37. The molecule has 0 aliphatic carbocycles. The van der Waals surface area contributed by atoms with E-state index in [0.29, 0.717) is 11.3 Å². The van der Waals surface area contributed by atoms with Crippen LogP contribution in [0.2, 0.25) is 0 Å². The second-order valence-corrected chi connectivity index (χ2v) is 7.40. The maximum absolute atomic E-state index is 12.7. The Bertz CT molecular complexity index is 813. The summed E-state index contributed by atoms with van der Waals surface area (Å²) in [6.07, 6.45) is 0. The molecule has 124 valence electrons. The van der Waals surface area contributed by atoms with Crippen molar-refractivity contribution in [1.82, 2.24) is 4.72 Å². The maximum atomic E-state index is 12.7. The number of hydrogen-bond acceptors (Lipinski definition) is 3. The Labute approximate surface area is 138 Å². The van der Waals surface area contributed by atoms with Crippen molar-refractivity contribution < 1.29 is 13.2 Å². The Hall–Kier alpha value is -1.85. The van der Waals surface area contributed by atoms with Crippen LogP contribution in [-0.2, 0) is 10.0 Å². The second-order valence-electron chi connectivity index (χ2n) is 5.72. The lowest BCUT2D eigenvalue weighted by molar-refractivity contribution is 0.410. The average Bonchev–Trinajstić information content (AvgIpc) is 2.49. The number of benzene rings is 2. The minimum absolute atomic E-state index is 0.288. The SMILES string of the molecule is COc1ccc(S(=O)(=O)N[C@H](C)c2ccccc2C)c(C)c1C. The van der Waals surface area contributed by atoms with Crippen molar-refractivity contribution in [3.8, 4) is 5.75 Å². The lowest BCUT2D eigenvalue weighted by atomic mass is 10.0. The van der Waals surface area contributed by atoms with Crippen LogP contribution in [-0.4, -0.2) is 15.5 Å². The van der Waals surface area contributed by atoms with Crippen LogP contribution < -0.4 is 9.46 Å². The Morgan fingerprint density at radius 3 is 2.26 bits per heavy atom. The highest BCUT2D eigenvalue weighted by Gasteiger charge is 2.22. The number of sulfonamides is 1. The molecule has 2 aromatic rings. The van der Waals surface area contributed by atoms with Crippen molar-refractivity contribution in [2.24, 2.45) is 0 Å². The number of nitrogens with one attached hydrogen (secondary N) is 1. The maximum Gasteiger partial charge on any atom is 0.241 e. The number of hydrogen-bond donors (Lipinski definition) is 1. The lowest BCUT2D eigenvalue weighted by Gasteiger charge is -2.19. The van der Waals surface area contributed by atoms with E-state index in [1.165, 1.54) is 0 Å². The van der Waals surface area contributed by atoms with E-state index in [1.54, 1.807) is 26.2 Å². The Morgan fingerprint density at radius 1 is 1.00 bits per heavy atom. The van der Waals surface area contributed by atoms with Crippen LogP contribution in [0.15, 0.2) is 41.3 Å². The zero-order valence-electron chi connectivity index (χ0n) is 14.2. The van der Waals surface area contributed by atoms with Crippen LogP contribution in [0.1, 0.15) is 35.2 Å². The first-order chi connectivity index (χ1) is 10.8. The largest absolute Gasteiger partial charge is 0.496 e. The van der Waals surface area contributed by atoms with Crippen LogP contribution in [0.5, 0.6) is 5.75 Å². The van der Waals surface area contributed by atoms with Crippen LogP contribution in [0.3, 0.4) is 0 Å². The second kappa shape index (κ2) is 6.72. The first kappa shape index (κ1) is 17.5. The predicted molar refractivity (Wildman–Crippen MR) is 92.4 cm³/mol. The van der Waals surface area contributed by atoms with Crippen LogP contribution in [0.25, 0.3) is 0 Å². The van der Waals surface area contributed by atoms with E-state index in [1.807, 2.05) is 45.0 Å². The Morgan fingerprint density at radius 2 is 1.65 bits per heavy atom. The van der Waals surface area contributed by atoms with E-state index in [0.717, 1.165) is 16.7 Å². The number of methoxy groups -OCH3 is 1. The third-order valence-electron chi connectivity index (χ3n) is 4.18. The third-order valence-corrected chi connectivity index (χ3v) is 5.87. The summed E-state index contributed by atoms with van der Waals surface area (Å²) in [6.45, 7) is 7.48. The zero-order chi connectivity index (χ0) is 17.2. The summed E-state index contributed by atoms with van der Waals surface area (Å²) in [5, 5.41) is 0. The van der Waals surface area contributed by atoms with E-state index < -0.39 is 10.0 Å². The van der Waals surface area contributed by atoms with Gasteiger partial charge in [0.2, 0.25) is 10.0 Å². The van der Waals surface area contributed by atoms with Gasteiger partial charge in [0.05, 0.1) is 12.0 Å². The molecule has 2 rings (SSSR count). The quantitative estimate of drug-likeness (QED) is 0.908. The van der Waals surface area contributed by atoms with Gasteiger partial charge in [-0.2, -0.15) is 0 Å². The van der Waals surface area contributed by atoms with Gasteiger partial charge in [0.15, 0.2) is 0 Å². The molecule has 0 saturated carbocycles. The lowest BCUT2D eigenvalue weighted by Crippen LogP contribution is -2.28.